The fourth-order valence-corrected chi connectivity index (χ4v) is 1.66. The van der Waals surface area contributed by atoms with Crippen molar-refractivity contribution in [1.29, 1.82) is 0 Å². The van der Waals surface area contributed by atoms with Gasteiger partial charge in [-0.25, -0.2) is 0 Å². The number of hydrogen-bond donors (Lipinski definition) is 1. The molecule has 1 atom stereocenters. The van der Waals surface area contributed by atoms with Gasteiger partial charge in [-0.2, -0.15) is 0 Å². The lowest BCUT2D eigenvalue weighted by molar-refractivity contribution is -0.119. The maximum Gasteiger partial charge on any atom is 0.235 e. The lowest BCUT2D eigenvalue weighted by atomic mass is 10.00. The molecule has 1 aromatic carbocycles. The van der Waals surface area contributed by atoms with E-state index in [2.05, 4.69) is 23.5 Å². The van der Waals surface area contributed by atoms with Gasteiger partial charge in [0.2, 0.25) is 5.91 Å². The second-order valence-corrected chi connectivity index (χ2v) is 4.05. The Morgan fingerprint density at radius 1 is 1.47 bits per heavy atom. The van der Waals surface area contributed by atoms with Crippen LogP contribution in [-0.4, -0.2) is 11.8 Å². The summed E-state index contributed by atoms with van der Waals surface area (Å²) in [6.07, 6.45) is 0. The molecule has 1 amide bonds. The summed E-state index contributed by atoms with van der Waals surface area (Å²) in [6.45, 7) is 6.05. The SMILES string of the molecule is Cc1ccc(C)c(C(C)NC(=O)CCl)c1. The molecule has 82 valence electrons. The van der Waals surface area contributed by atoms with E-state index < -0.39 is 0 Å². The van der Waals surface area contributed by atoms with E-state index in [-0.39, 0.29) is 17.8 Å². The van der Waals surface area contributed by atoms with Gasteiger partial charge < -0.3 is 5.32 Å². The Kier molecular flexibility index (Phi) is 4.15. The predicted molar refractivity (Wildman–Crippen MR) is 63.2 cm³/mol. The molecule has 0 spiro atoms. The van der Waals surface area contributed by atoms with Crippen molar-refractivity contribution in [3.63, 3.8) is 0 Å². The summed E-state index contributed by atoms with van der Waals surface area (Å²) in [5.74, 6) is -0.125. The highest BCUT2D eigenvalue weighted by Crippen LogP contribution is 2.18. The number of carbonyl (C=O) groups is 1. The van der Waals surface area contributed by atoms with E-state index in [1.54, 1.807) is 0 Å². The molecule has 0 aromatic heterocycles. The Morgan fingerprint density at radius 2 is 2.13 bits per heavy atom. The third kappa shape index (κ3) is 3.24. The highest BCUT2D eigenvalue weighted by Gasteiger charge is 2.10. The first-order chi connectivity index (χ1) is 7.04. The van der Waals surface area contributed by atoms with Gasteiger partial charge in [-0.15, -0.1) is 11.6 Å². The quantitative estimate of drug-likeness (QED) is 0.788. The molecule has 3 heteroatoms. The van der Waals surface area contributed by atoms with Gasteiger partial charge in [-0.3, -0.25) is 4.79 Å². The van der Waals surface area contributed by atoms with Gasteiger partial charge in [0.1, 0.15) is 5.88 Å². The fourth-order valence-electron chi connectivity index (χ4n) is 1.58. The normalized spacial score (nSPS) is 12.3. The average molecular weight is 226 g/mol. The molecule has 0 aliphatic rings. The van der Waals surface area contributed by atoms with Crippen molar-refractivity contribution in [3.05, 3.63) is 34.9 Å². The maximum absolute atomic E-state index is 11.1. The smallest absolute Gasteiger partial charge is 0.235 e. The summed E-state index contributed by atoms with van der Waals surface area (Å²) in [7, 11) is 0. The summed E-state index contributed by atoms with van der Waals surface area (Å²) >= 11 is 5.44. The molecule has 1 unspecified atom stereocenters. The summed E-state index contributed by atoms with van der Waals surface area (Å²) in [6, 6.07) is 6.23. The summed E-state index contributed by atoms with van der Waals surface area (Å²) in [5, 5.41) is 2.84. The van der Waals surface area contributed by atoms with Crippen LogP contribution in [-0.2, 0) is 4.79 Å². The summed E-state index contributed by atoms with van der Waals surface area (Å²) < 4.78 is 0. The third-order valence-corrected chi connectivity index (χ3v) is 2.64. The van der Waals surface area contributed by atoms with E-state index in [1.807, 2.05) is 20.8 Å². The Morgan fingerprint density at radius 3 is 2.73 bits per heavy atom. The van der Waals surface area contributed by atoms with Crippen LogP contribution in [0.4, 0.5) is 0 Å². The van der Waals surface area contributed by atoms with Crippen LogP contribution in [0.2, 0.25) is 0 Å². The number of rotatable bonds is 3. The van der Waals surface area contributed by atoms with Crippen LogP contribution in [0.25, 0.3) is 0 Å². The lowest BCUT2D eigenvalue weighted by Crippen LogP contribution is -2.27. The highest BCUT2D eigenvalue weighted by molar-refractivity contribution is 6.27. The minimum atomic E-state index is -0.134. The van der Waals surface area contributed by atoms with Crippen LogP contribution in [0.3, 0.4) is 0 Å². The molecular weight excluding hydrogens is 210 g/mol. The van der Waals surface area contributed by atoms with Gasteiger partial charge in [0, 0.05) is 0 Å². The van der Waals surface area contributed by atoms with Crippen LogP contribution >= 0.6 is 11.6 Å². The Hall–Kier alpha value is -1.02. The average Bonchev–Trinajstić information content (AvgIpc) is 2.21. The van der Waals surface area contributed by atoms with Gasteiger partial charge >= 0.3 is 0 Å². The van der Waals surface area contributed by atoms with Crippen LogP contribution in [0.5, 0.6) is 0 Å². The van der Waals surface area contributed by atoms with E-state index in [0.29, 0.717) is 0 Å². The molecule has 1 N–H and O–H groups in total. The Labute approximate surface area is 95.6 Å². The van der Waals surface area contributed by atoms with E-state index in [4.69, 9.17) is 11.6 Å². The first-order valence-corrected chi connectivity index (χ1v) is 5.50. The van der Waals surface area contributed by atoms with Gasteiger partial charge in [-0.05, 0) is 31.9 Å². The van der Waals surface area contributed by atoms with Crippen molar-refractivity contribution in [2.75, 3.05) is 5.88 Å². The fraction of sp³-hybridized carbons (Fsp3) is 0.417. The Balaban J connectivity index is 2.85. The van der Waals surface area contributed by atoms with Crippen LogP contribution < -0.4 is 5.32 Å². The summed E-state index contributed by atoms with van der Waals surface area (Å²) in [5.41, 5.74) is 3.53. The van der Waals surface area contributed by atoms with E-state index in [9.17, 15) is 4.79 Å². The van der Waals surface area contributed by atoms with Crippen molar-refractivity contribution in [2.24, 2.45) is 0 Å². The van der Waals surface area contributed by atoms with E-state index >= 15 is 0 Å². The van der Waals surface area contributed by atoms with Gasteiger partial charge in [0.05, 0.1) is 6.04 Å². The number of amides is 1. The molecule has 0 heterocycles. The van der Waals surface area contributed by atoms with Crippen molar-refractivity contribution >= 4 is 17.5 Å². The number of hydrogen-bond acceptors (Lipinski definition) is 1. The number of carbonyl (C=O) groups excluding carboxylic acids is 1. The van der Waals surface area contributed by atoms with Gasteiger partial charge in [0.25, 0.3) is 0 Å². The molecule has 0 bridgehead atoms. The monoisotopic (exact) mass is 225 g/mol. The zero-order chi connectivity index (χ0) is 11.4. The largest absolute Gasteiger partial charge is 0.349 e. The molecule has 2 nitrogen and oxygen atoms in total. The van der Waals surface area contributed by atoms with Crippen LogP contribution in [0.1, 0.15) is 29.7 Å². The zero-order valence-electron chi connectivity index (χ0n) is 9.30. The molecule has 0 aliphatic heterocycles. The standard InChI is InChI=1S/C12H16ClNO/c1-8-4-5-9(2)11(6-8)10(3)14-12(15)7-13/h4-6,10H,7H2,1-3H3,(H,14,15). The second kappa shape index (κ2) is 5.17. The lowest BCUT2D eigenvalue weighted by Gasteiger charge is -2.16. The zero-order valence-corrected chi connectivity index (χ0v) is 10.1. The number of nitrogens with one attached hydrogen (secondary N) is 1. The van der Waals surface area contributed by atoms with Crippen molar-refractivity contribution in [1.82, 2.24) is 5.32 Å². The highest BCUT2D eigenvalue weighted by atomic mass is 35.5. The van der Waals surface area contributed by atoms with Crippen molar-refractivity contribution in [2.45, 2.75) is 26.8 Å². The molecule has 0 aliphatic carbocycles. The van der Waals surface area contributed by atoms with E-state index in [1.165, 1.54) is 11.1 Å². The molecule has 1 rings (SSSR count). The second-order valence-electron chi connectivity index (χ2n) is 3.78. The molecule has 0 saturated carbocycles. The molecule has 1 aromatic rings. The van der Waals surface area contributed by atoms with Gasteiger partial charge in [0.15, 0.2) is 0 Å². The number of aryl methyl sites for hydroxylation is 2. The van der Waals surface area contributed by atoms with Crippen molar-refractivity contribution < 1.29 is 4.79 Å². The maximum atomic E-state index is 11.1. The molecule has 0 radical (unpaired) electrons. The predicted octanol–water partition coefficient (Wildman–Crippen LogP) is 2.72. The molecule has 0 fully saturated rings. The molecule has 0 saturated heterocycles. The van der Waals surface area contributed by atoms with Crippen LogP contribution in [0, 0.1) is 13.8 Å². The van der Waals surface area contributed by atoms with Gasteiger partial charge in [-0.1, -0.05) is 23.8 Å². The third-order valence-electron chi connectivity index (χ3n) is 2.40. The Bertz CT molecular complexity index is 363. The van der Waals surface area contributed by atoms with Crippen LogP contribution in [0.15, 0.2) is 18.2 Å². The minimum absolute atomic E-state index is 0.00913. The minimum Gasteiger partial charge on any atom is -0.349 e. The first kappa shape index (κ1) is 12.1. The van der Waals surface area contributed by atoms with Crippen molar-refractivity contribution in [3.8, 4) is 0 Å². The topological polar surface area (TPSA) is 29.1 Å². The summed E-state index contributed by atoms with van der Waals surface area (Å²) in [4.78, 5) is 11.1. The molecule has 15 heavy (non-hydrogen) atoms. The number of halogens is 1. The number of benzene rings is 1. The molecular formula is C12H16ClNO. The first-order valence-electron chi connectivity index (χ1n) is 4.97. The van der Waals surface area contributed by atoms with E-state index in [0.717, 1.165) is 5.56 Å². The number of alkyl halides is 1.